The number of aromatic hydroxyl groups is 1. The van der Waals surface area contributed by atoms with Crippen molar-refractivity contribution in [2.24, 2.45) is 10.2 Å². The van der Waals surface area contributed by atoms with Gasteiger partial charge in [0.05, 0.1) is 27.6 Å². The van der Waals surface area contributed by atoms with Crippen LogP contribution in [0.3, 0.4) is 0 Å². The number of benzene rings is 2. The maximum absolute atomic E-state index is 14.7. The standard InChI is InChI=1S/C25H21ClF4N4O2S/c1-12-16-8-13(3-5-20(16)33-32-12)17(9-14-2-4-15(26)10-18(14)25(28,29)30)22-23(35)34(24(36)37-22)21-6-7-31-11-19(21)27/h2-5,8,10,19,21,31,35H,6-7,9,11H2,1H3/t19-,21-/m0/s1. The molecular formula is C25H21ClF4N4O2S. The lowest BCUT2D eigenvalue weighted by atomic mass is 9.96. The van der Waals surface area contributed by atoms with E-state index in [-0.39, 0.29) is 40.4 Å². The third-order valence-corrected chi connectivity index (χ3v) is 7.82. The Kier molecular flexibility index (Phi) is 6.71. The zero-order valence-electron chi connectivity index (χ0n) is 19.4. The first-order valence-corrected chi connectivity index (χ1v) is 12.6. The fraction of sp³-hybridized carbons (Fsp3) is 0.320. The predicted molar refractivity (Wildman–Crippen MR) is 134 cm³/mol. The molecule has 0 unspecified atom stereocenters. The van der Waals surface area contributed by atoms with Gasteiger partial charge in [-0.3, -0.25) is 9.36 Å². The number of nitrogens with zero attached hydrogens (tertiary/aromatic N) is 3. The molecular weight excluding hydrogens is 532 g/mol. The van der Waals surface area contributed by atoms with Crippen LogP contribution in [-0.4, -0.2) is 34.6 Å². The van der Waals surface area contributed by atoms with Crippen LogP contribution in [0.15, 0.2) is 51.4 Å². The Balaban J connectivity index is 1.74. The van der Waals surface area contributed by atoms with Crippen LogP contribution < -0.4 is 20.8 Å². The Hall–Kier alpha value is -3.02. The number of nitrogens with one attached hydrogen (secondary N) is 1. The van der Waals surface area contributed by atoms with E-state index in [1.54, 1.807) is 25.1 Å². The zero-order chi connectivity index (χ0) is 26.5. The van der Waals surface area contributed by atoms with Crippen molar-refractivity contribution in [3.8, 4) is 5.88 Å². The smallest absolute Gasteiger partial charge is 0.416 e. The average Bonchev–Trinajstić information content (AvgIpc) is 3.36. The highest BCUT2D eigenvalue weighted by Gasteiger charge is 2.35. The quantitative estimate of drug-likeness (QED) is 0.481. The molecule has 0 amide bonds. The van der Waals surface area contributed by atoms with Crippen molar-refractivity contribution in [2.75, 3.05) is 13.1 Å². The maximum atomic E-state index is 14.7. The van der Waals surface area contributed by atoms with Crippen molar-refractivity contribution in [3.63, 3.8) is 0 Å². The van der Waals surface area contributed by atoms with Gasteiger partial charge in [-0.2, -0.15) is 23.4 Å². The third kappa shape index (κ3) is 4.83. The highest BCUT2D eigenvalue weighted by molar-refractivity contribution is 7.10. The van der Waals surface area contributed by atoms with Gasteiger partial charge < -0.3 is 10.4 Å². The van der Waals surface area contributed by atoms with E-state index in [1.165, 1.54) is 12.1 Å². The van der Waals surface area contributed by atoms with Gasteiger partial charge in [0.15, 0.2) is 0 Å². The van der Waals surface area contributed by atoms with E-state index in [2.05, 4.69) is 15.5 Å². The summed E-state index contributed by atoms with van der Waals surface area (Å²) in [6.45, 7) is 2.25. The third-order valence-electron chi connectivity index (χ3n) is 6.58. The number of hydrogen-bond acceptors (Lipinski definition) is 6. The normalized spacial score (nSPS) is 20.3. The van der Waals surface area contributed by atoms with Crippen molar-refractivity contribution in [3.05, 3.63) is 83.2 Å². The van der Waals surface area contributed by atoms with E-state index in [0.29, 0.717) is 39.7 Å². The number of alkyl halides is 4. The summed E-state index contributed by atoms with van der Waals surface area (Å²) in [7, 11) is 0. The first-order valence-electron chi connectivity index (χ1n) is 11.5. The summed E-state index contributed by atoms with van der Waals surface area (Å²) < 4.78 is 57.4. The van der Waals surface area contributed by atoms with Gasteiger partial charge in [-0.1, -0.05) is 35.1 Å². The van der Waals surface area contributed by atoms with Crippen molar-refractivity contribution in [2.45, 2.75) is 38.2 Å². The first-order chi connectivity index (χ1) is 17.5. The van der Waals surface area contributed by atoms with Crippen molar-refractivity contribution >= 4 is 34.2 Å². The summed E-state index contributed by atoms with van der Waals surface area (Å²) >= 11 is 6.55. The molecule has 6 nitrogen and oxygen atoms in total. The van der Waals surface area contributed by atoms with Gasteiger partial charge in [0.2, 0.25) is 5.88 Å². The molecule has 2 aromatic carbocycles. The van der Waals surface area contributed by atoms with Gasteiger partial charge in [-0.05, 0) is 60.5 Å². The van der Waals surface area contributed by atoms with Crippen LogP contribution in [0.2, 0.25) is 5.02 Å². The number of hydrogen-bond donors (Lipinski definition) is 2. The number of rotatable bonds is 4. The highest BCUT2D eigenvalue weighted by Crippen LogP contribution is 2.38. The largest absolute Gasteiger partial charge is 0.493 e. The van der Waals surface area contributed by atoms with Crippen LogP contribution in [0.25, 0.3) is 5.57 Å². The molecule has 3 aromatic rings. The van der Waals surface area contributed by atoms with Gasteiger partial charge in [-0.25, -0.2) is 4.39 Å². The van der Waals surface area contributed by atoms with E-state index in [1.807, 2.05) is 0 Å². The molecule has 1 fully saturated rings. The SMILES string of the molecule is CC1=NN=c2ccc(=C(Cc3ccc(Cl)cc3C(F)(F)F)c3sc(=O)n([C@H]4CCNC[C@@H]4F)c3O)cc21. The molecule has 2 aliphatic rings. The number of thiazole rings is 1. The van der Waals surface area contributed by atoms with E-state index in [9.17, 15) is 27.5 Å². The van der Waals surface area contributed by atoms with Gasteiger partial charge in [-0.15, -0.1) is 0 Å². The molecule has 0 saturated carbocycles. The Morgan fingerprint density at radius 1 is 1.24 bits per heavy atom. The summed E-state index contributed by atoms with van der Waals surface area (Å²) in [5, 5.41) is 23.2. The first kappa shape index (κ1) is 25.6. The molecule has 12 heteroatoms. The van der Waals surface area contributed by atoms with E-state index in [4.69, 9.17) is 11.6 Å². The molecule has 0 spiro atoms. The van der Waals surface area contributed by atoms with Crippen LogP contribution >= 0.6 is 22.9 Å². The minimum Gasteiger partial charge on any atom is -0.493 e. The summed E-state index contributed by atoms with van der Waals surface area (Å²) in [4.78, 5) is 12.5. The molecule has 194 valence electrons. The number of piperidine rings is 1. The number of fused-ring (bicyclic) bond motifs is 1. The second-order valence-electron chi connectivity index (χ2n) is 8.94. The molecule has 0 radical (unpaired) electrons. The van der Waals surface area contributed by atoms with Crippen LogP contribution in [0.1, 0.15) is 41.0 Å². The van der Waals surface area contributed by atoms with Gasteiger partial charge in [0, 0.05) is 23.6 Å². The van der Waals surface area contributed by atoms with Gasteiger partial charge in [0.1, 0.15) is 6.17 Å². The van der Waals surface area contributed by atoms with E-state index < -0.39 is 34.7 Å². The minimum absolute atomic E-state index is 0.0327. The maximum Gasteiger partial charge on any atom is 0.416 e. The lowest BCUT2D eigenvalue weighted by molar-refractivity contribution is -0.138. The van der Waals surface area contributed by atoms with E-state index in [0.717, 1.165) is 10.6 Å². The van der Waals surface area contributed by atoms with Crippen molar-refractivity contribution in [1.29, 1.82) is 0 Å². The van der Waals surface area contributed by atoms with Crippen LogP contribution in [-0.2, 0) is 12.6 Å². The number of aromatic nitrogens is 1. The highest BCUT2D eigenvalue weighted by atomic mass is 35.5. The summed E-state index contributed by atoms with van der Waals surface area (Å²) in [6.07, 6.45) is -6.07. The Labute approximate surface area is 217 Å². The van der Waals surface area contributed by atoms with Gasteiger partial charge in [0.25, 0.3) is 0 Å². The fourth-order valence-corrected chi connectivity index (χ4v) is 5.89. The molecule has 0 bridgehead atoms. The second-order valence-corrected chi connectivity index (χ2v) is 10.3. The topological polar surface area (TPSA) is 79.0 Å². The molecule has 2 atom stereocenters. The molecule has 5 rings (SSSR count). The summed E-state index contributed by atoms with van der Waals surface area (Å²) in [5.41, 5.74) is 0.608. The number of halogens is 5. The lowest BCUT2D eigenvalue weighted by Gasteiger charge is -2.27. The summed E-state index contributed by atoms with van der Waals surface area (Å²) in [5.74, 6) is -0.461. The molecule has 1 saturated heterocycles. The van der Waals surface area contributed by atoms with E-state index >= 15 is 0 Å². The minimum atomic E-state index is -4.68. The van der Waals surface area contributed by atoms with Crippen LogP contribution in [0.4, 0.5) is 17.6 Å². The monoisotopic (exact) mass is 552 g/mol. The Morgan fingerprint density at radius 2 is 2.03 bits per heavy atom. The Bertz CT molecular complexity index is 1600. The molecule has 3 heterocycles. The van der Waals surface area contributed by atoms with Crippen LogP contribution in [0, 0.1) is 0 Å². The second kappa shape index (κ2) is 9.70. The lowest BCUT2D eigenvalue weighted by Crippen LogP contribution is -2.41. The molecule has 37 heavy (non-hydrogen) atoms. The van der Waals surface area contributed by atoms with Crippen LogP contribution in [0.5, 0.6) is 5.88 Å². The zero-order valence-corrected chi connectivity index (χ0v) is 21.0. The molecule has 2 N–H and O–H groups in total. The molecule has 2 aliphatic heterocycles. The molecule has 0 aliphatic carbocycles. The van der Waals surface area contributed by atoms with Crippen molar-refractivity contribution < 1.29 is 22.7 Å². The fourth-order valence-electron chi connectivity index (χ4n) is 4.72. The molecule has 1 aromatic heterocycles. The Morgan fingerprint density at radius 3 is 2.76 bits per heavy atom. The average molecular weight is 553 g/mol. The summed E-state index contributed by atoms with van der Waals surface area (Å²) in [6, 6.07) is 7.67. The van der Waals surface area contributed by atoms with Crippen molar-refractivity contribution in [1.82, 2.24) is 9.88 Å². The predicted octanol–water partition coefficient (Wildman–Crippen LogP) is 3.96. The van der Waals surface area contributed by atoms with Gasteiger partial charge >= 0.3 is 11.0 Å².